The minimum atomic E-state index is -3.99. The molecular formula is C11H7F2NO5S. The van der Waals surface area contributed by atoms with Crippen LogP contribution in [-0.2, 0) is 9.84 Å². The number of carbonyl (C=O) groups is 1. The van der Waals surface area contributed by atoms with Gasteiger partial charge >= 0.3 is 5.97 Å². The van der Waals surface area contributed by atoms with Gasteiger partial charge in [-0.3, -0.25) is 0 Å². The standard InChI is InChI=1S/C11H7F2NO5S/c1-20(17,18)9-3-5(12)2-6(10(9)13)8-4-7(11(15)16)14-19-8/h2-4H,1H3,(H,15,16). The third kappa shape index (κ3) is 2.52. The van der Waals surface area contributed by atoms with Crippen molar-refractivity contribution in [3.05, 3.63) is 35.5 Å². The largest absolute Gasteiger partial charge is 0.476 e. The summed E-state index contributed by atoms with van der Waals surface area (Å²) in [5, 5.41) is 11.8. The summed E-state index contributed by atoms with van der Waals surface area (Å²) in [5.74, 6) is -4.04. The first kappa shape index (κ1) is 14.1. The number of benzene rings is 1. The molecule has 0 aliphatic carbocycles. The van der Waals surface area contributed by atoms with Gasteiger partial charge in [0, 0.05) is 12.3 Å². The topological polar surface area (TPSA) is 97.5 Å². The maximum atomic E-state index is 14.1. The fraction of sp³-hybridized carbons (Fsp3) is 0.0909. The number of aromatic nitrogens is 1. The number of carboxylic acids is 1. The zero-order chi connectivity index (χ0) is 15.1. The Morgan fingerprint density at radius 2 is 1.95 bits per heavy atom. The third-order valence-corrected chi connectivity index (χ3v) is 3.49. The number of halogens is 2. The third-order valence-electron chi connectivity index (χ3n) is 2.40. The van der Waals surface area contributed by atoms with E-state index in [2.05, 4.69) is 9.68 Å². The second kappa shape index (κ2) is 4.67. The van der Waals surface area contributed by atoms with E-state index in [9.17, 15) is 22.0 Å². The molecule has 0 aliphatic heterocycles. The van der Waals surface area contributed by atoms with Crippen molar-refractivity contribution in [3.63, 3.8) is 0 Å². The fourth-order valence-corrected chi connectivity index (χ4v) is 2.28. The molecule has 0 atom stereocenters. The molecule has 0 bridgehead atoms. The lowest BCUT2D eigenvalue weighted by atomic mass is 10.1. The van der Waals surface area contributed by atoms with Gasteiger partial charge in [0.15, 0.2) is 27.1 Å². The van der Waals surface area contributed by atoms with Crippen molar-refractivity contribution in [2.75, 3.05) is 6.26 Å². The lowest BCUT2D eigenvalue weighted by Gasteiger charge is -2.05. The molecule has 9 heteroatoms. The summed E-state index contributed by atoms with van der Waals surface area (Å²) in [4.78, 5) is 9.79. The zero-order valence-electron chi connectivity index (χ0n) is 9.92. The van der Waals surface area contributed by atoms with Gasteiger partial charge in [-0.1, -0.05) is 5.16 Å². The molecule has 0 saturated heterocycles. The smallest absolute Gasteiger partial charge is 0.358 e. The number of hydrogen-bond donors (Lipinski definition) is 1. The highest BCUT2D eigenvalue weighted by atomic mass is 32.2. The lowest BCUT2D eigenvalue weighted by Crippen LogP contribution is -2.03. The Balaban J connectivity index is 2.68. The summed E-state index contributed by atoms with van der Waals surface area (Å²) in [6.45, 7) is 0. The number of hydrogen-bond acceptors (Lipinski definition) is 5. The molecule has 0 saturated carbocycles. The van der Waals surface area contributed by atoms with Gasteiger partial charge < -0.3 is 9.63 Å². The Morgan fingerprint density at radius 3 is 2.45 bits per heavy atom. The molecule has 0 fully saturated rings. The molecule has 106 valence electrons. The first-order valence-corrected chi connectivity index (χ1v) is 6.99. The molecular weight excluding hydrogens is 296 g/mol. The lowest BCUT2D eigenvalue weighted by molar-refractivity contribution is 0.0686. The number of sulfone groups is 1. The Hall–Kier alpha value is -2.29. The maximum absolute atomic E-state index is 14.1. The molecule has 1 aromatic heterocycles. The van der Waals surface area contributed by atoms with Gasteiger partial charge in [-0.15, -0.1) is 0 Å². The molecule has 0 aliphatic rings. The highest BCUT2D eigenvalue weighted by Gasteiger charge is 2.23. The van der Waals surface area contributed by atoms with Crippen molar-refractivity contribution in [2.45, 2.75) is 4.90 Å². The van der Waals surface area contributed by atoms with Crippen LogP contribution >= 0.6 is 0 Å². The summed E-state index contributed by atoms with van der Waals surface area (Å²) in [7, 11) is -3.99. The molecule has 1 heterocycles. The molecule has 0 amide bonds. The van der Waals surface area contributed by atoms with Crippen molar-refractivity contribution in [1.82, 2.24) is 5.16 Å². The van der Waals surface area contributed by atoms with E-state index in [1.54, 1.807) is 0 Å². The van der Waals surface area contributed by atoms with Crippen LogP contribution < -0.4 is 0 Å². The van der Waals surface area contributed by atoms with Crippen LogP contribution in [0.3, 0.4) is 0 Å². The molecule has 2 aromatic rings. The maximum Gasteiger partial charge on any atom is 0.358 e. The predicted octanol–water partition coefficient (Wildman–Crippen LogP) is 1.72. The molecule has 1 aromatic carbocycles. The van der Waals surface area contributed by atoms with Crippen LogP contribution in [0.1, 0.15) is 10.5 Å². The first-order valence-electron chi connectivity index (χ1n) is 5.09. The van der Waals surface area contributed by atoms with E-state index >= 15 is 0 Å². The normalized spacial score (nSPS) is 11.6. The van der Waals surface area contributed by atoms with E-state index in [1.807, 2.05) is 0 Å². The monoisotopic (exact) mass is 303 g/mol. The van der Waals surface area contributed by atoms with Crippen molar-refractivity contribution >= 4 is 15.8 Å². The predicted molar refractivity (Wildman–Crippen MR) is 61.9 cm³/mol. The van der Waals surface area contributed by atoms with Crippen LogP contribution in [0.15, 0.2) is 27.6 Å². The average Bonchev–Trinajstić information content (AvgIpc) is 2.79. The van der Waals surface area contributed by atoms with Crippen molar-refractivity contribution in [2.24, 2.45) is 0 Å². The van der Waals surface area contributed by atoms with E-state index in [4.69, 9.17) is 5.11 Å². The highest BCUT2D eigenvalue weighted by molar-refractivity contribution is 7.90. The number of carboxylic acid groups (broad SMARTS) is 1. The van der Waals surface area contributed by atoms with Crippen LogP contribution in [0, 0.1) is 11.6 Å². The summed E-state index contributed by atoms with van der Waals surface area (Å²) in [5.41, 5.74) is -1.03. The minimum Gasteiger partial charge on any atom is -0.476 e. The van der Waals surface area contributed by atoms with E-state index in [1.165, 1.54) is 0 Å². The van der Waals surface area contributed by atoms with Crippen LogP contribution in [0.4, 0.5) is 8.78 Å². The Labute approximate surface area is 111 Å². The molecule has 0 radical (unpaired) electrons. The second-order valence-corrected chi connectivity index (χ2v) is 5.90. The van der Waals surface area contributed by atoms with Gasteiger partial charge in [0.2, 0.25) is 0 Å². The van der Waals surface area contributed by atoms with E-state index < -0.39 is 43.6 Å². The van der Waals surface area contributed by atoms with Crippen LogP contribution in [0.2, 0.25) is 0 Å². The summed E-state index contributed by atoms with van der Waals surface area (Å²) in [6, 6.07) is 2.09. The quantitative estimate of drug-likeness (QED) is 0.927. The Morgan fingerprint density at radius 1 is 1.30 bits per heavy atom. The minimum absolute atomic E-state index is 0.385. The van der Waals surface area contributed by atoms with Crippen molar-refractivity contribution in [3.8, 4) is 11.3 Å². The van der Waals surface area contributed by atoms with Gasteiger partial charge in [-0.25, -0.2) is 22.0 Å². The van der Waals surface area contributed by atoms with E-state index in [-0.39, 0.29) is 5.76 Å². The Bertz CT molecular complexity index is 797. The van der Waals surface area contributed by atoms with Gasteiger partial charge in [-0.2, -0.15) is 0 Å². The van der Waals surface area contributed by atoms with Gasteiger partial charge in [0.05, 0.1) is 5.56 Å². The van der Waals surface area contributed by atoms with E-state index in [0.29, 0.717) is 12.1 Å². The van der Waals surface area contributed by atoms with Crippen molar-refractivity contribution < 1.29 is 31.6 Å². The summed E-state index contributed by atoms with van der Waals surface area (Å²) >= 11 is 0. The van der Waals surface area contributed by atoms with Crippen LogP contribution in [-0.4, -0.2) is 30.9 Å². The van der Waals surface area contributed by atoms with Gasteiger partial charge in [-0.05, 0) is 12.1 Å². The summed E-state index contributed by atoms with van der Waals surface area (Å²) in [6.07, 6.45) is 0.720. The second-order valence-electron chi connectivity index (χ2n) is 3.92. The van der Waals surface area contributed by atoms with Gasteiger partial charge in [0.1, 0.15) is 10.7 Å². The number of rotatable bonds is 3. The van der Waals surface area contributed by atoms with Crippen LogP contribution in [0.25, 0.3) is 11.3 Å². The molecule has 0 unspecified atom stereocenters. The van der Waals surface area contributed by atoms with Crippen LogP contribution in [0.5, 0.6) is 0 Å². The molecule has 2 rings (SSSR count). The zero-order valence-corrected chi connectivity index (χ0v) is 10.7. The molecule has 6 nitrogen and oxygen atoms in total. The fourth-order valence-electron chi connectivity index (χ4n) is 1.52. The average molecular weight is 303 g/mol. The first-order chi connectivity index (χ1) is 9.20. The number of aromatic carboxylic acids is 1. The highest BCUT2D eigenvalue weighted by Crippen LogP contribution is 2.29. The Kier molecular flexibility index (Phi) is 3.30. The summed E-state index contributed by atoms with van der Waals surface area (Å²) < 4.78 is 54.7. The van der Waals surface area contributed by atoms with E-state index in [0.717, 1.165) is 12.3 Å². The van der Waals surface area contributed by atoms with Gasteiger partial charge in [0.25, 0.3) is 0 Å². The van der Waals surface area contributed by atoms with Crippen molar-refractivity contribution in [1.29, 1.82) is 0 Å². The number of nitrogens with zero attached hydrogens (tertiary/aromatic N) is 1. The SMILES string of the molecule is CS(=O)(=O)c1cc(F)cc(-c2cc(C(=O)O)no2)c1F. The molecule has 0 spiro atoms. The molecule has 1 N–H and O–H groups in total. The molecule has 20 heavy (non-hydrogen) atoms.